The lowest BCUT2D eigenvalue weighted by molar-refractivity contribution is -0.00328. The van der Waals surface area contributed by atoms with Crippen molar-refractivity contribution in [2.75, 3.05) is 6.61 Å². The van der Waals surface area contributed by atoms with Gasteiger partial charge in [0.1, 0.15) is 11.8 Å². The van der Waals surface area contributed by atoms with E-state index in [4.69, 9.17) is 14.6 Å². The number of nitrogens with zero attached hydrogens (tertiary/aromatic N) is 1. The van der Waals surface area contributed by atoms with Crippen LogP contribution in [-0.2, 0) is 11.3 Å². The van der Waals surface area contributed by atoms with E-state index in [1.54, 1.807) is 13.8 Å². The van der Waals surface area contributed by atoms with Gasteiger partial charge in [-0.15, -0.1) is 0 Å². The average molecular weight is 307 g/mol. The first-order chi connectivity index (χ1) is 10.5. The minimum Gasteiger partial charge on any atom is -0.490 e. The van der Waals surface area contributed by atoms with E-state index >= 15 is 0 Å². The maximum Gasteiger partial charge on any atom is 0.341 e. The number of pyridine rings is 1. The monoisotopic (exact) mass is 307 g/mol. The summed E-state index contributed by atoms with van der Waals surface area (Å²) in [6.45, 7) is 3.81. The zero-order valence-corrected chi connectivity index (χ0v) is 12.1. The number of ether oxygens (including phenoxy) is 2. The van der Waals surface area contributed by atoms with E-state index in [2.05, 4.69) is 0 Å². The molecule has 2 aromatic rings. The predicted octanol–water partition coefficient (Wildman–Crippen LogP) is 2.29. The van der Waals surface area contributed by atoms with Gasteiger partial charge < -0.3 is 19.1 Å². The minimum absolute atomic E-state index is 0.0194. The summed E-state index contributed by atoms with van der Waals surface area (Å²) in [5, 5.41) is 9.17. The van der Waals surface area contributed by atoms with Crippen molar-refractivity contribution in [3.63, 3.8) is 0 Å². The second-order valence-corrected chi connectivity index (χ2v) is 4.99. The highest BCUT2D eigenvalue weighted by Crippen LogP contribution is 2.36. The van der Waals surface area contributed by atoms with Gasteiger partial charge in [0.15, 0.2) is 11.6 Å². The highest BCUT2D eigenvalue weighted by Gasteiger charge is 2.27. The molecule has 1 unspecified atom stereocenters. The Morgan fingerprint density at radius 1 is 1.59 bits per heavy atom. The average Bonchev–Trinajstić information content (AvgIpc) is 2.47. The van der Waals surface area contributed by atoms with Crippen molar-refractivity contribution in [1.29, 1.82) is 0 Å². The maximum atomic E-state index is 14.2. The summed E-state index contributed by atoms with van der Waals surface area (Å²) in [7, 11) is 0. The van der Waals surface area contributed by atoms with Crippen molar-refractivity contribution in [2.45, 2.75) is 26.7 Å². The SMILES string of the molecule is CCOc1c(F)cc2c(=O)c(C(=O)O)cn3c2c1COC3C. The van der Waals surface area contributed by atoms with Gasteiger partial charge >= 0.3 is 5.97 Å². The van der Waals surface area contributed by atoms with E-state index in [1.165, 1.54) is 10.8 Å². The van der Waals surface area contributed by atoms with Crippen LogP contribution < -0.4 is 10.2 Å². The van der Waals surface area contributed by atoms with Crippen LogP contribution in [-0.4, -0.2) is 22.2 Å². The predicted molar refractivity (Wildman–Crippen MR) is 75.8 cm³/mol. The van der Waals surface area contributed by atoms with Gasteiger partial charge in [0.05, 0.1) is 24.1 Å². The van der Waals surface area contributed by atoms with E-state index in [-0.39, 0.29) is 24.3 Å². The number of rotatable bonds is 3. The Hall–Kier alpha value is -2.41. The highest BCUT2D eigenvalue weighted by atomic mass is 19.1. The molecule has 7 heteroatoms. The van der Waals surface area contributed by atoms with Crippen LogP contribution in [0.15, 0.2) is 17.1 Å². The number of carboxylic acid groups (broad SMARTS) is 1. The van der Waals surface area contributed by atoms with Gasteiger partial charge in [-0.25, -0.2) is 9.18 Å². The van der Waals surface area contributed by atoms with Crippen molar-refractivity contribution in [3.8, 4) is 5.75 Å². The second kappa shape index (κ2) is 5.10. The van der Waals surface area contributed by atoms with Gasteiger partial charge in [-0.05, 0) is 19.9 Å². The minimum atomic E-state index is -1.36. The molecule has 1 aromatic carbocycles. The van der Waals surface area contributed by atoms with Crippen molar-refractivity contribution in [2.24, 2.45) is 0 Å². The maximum absolute atomic E-state index is 14.2. The summed E-state index contributed by atoms with van der Waals surface area (Å²) in [5.74, 6) is -2.02. The number of halogens is 1. The first-order valence-corrected chi connectivity index (χ1v) is 6.83. The molecular formula is C15H14FNO5. The third kappa shape index (κ3) is 1.97. The van der Waals surface area contributed by atoms with Crippen LogP contribution in [0.4, 0.5) is 4.39 Å². The summed E-state index contributed by atoms with van der Waals surface area (Å²) in [4.78, 5) is 23.5. The Balaban J connectivity index is 2.48. The normalized spacial score (nSPS) is 16.8. The van der Waals surface area contributed by atoms with E-state index in [9.17, 15) is 14.0 Å². The number of hydrogen-bond acceptors (Lipinski definition) is 4. The Labute approximate surface area is 124 Å². The van der Waals surface area contributed by atoms with E-state index in [1.807, 2.05) is 0 Å². The Morgan fingerprint density at radius 3 is 2.95 bits per heavy atom. The van der Waals surface area contributed by atoms with Crippen LogP contribution >= 0.6 is 0 Å². The molecule has 0 fully saturated rings. The number of carboxylic acids is 1. The third-order valence-electron chi connectivity index (χ3n) is 3.70. The molecule has 2 heterocycles. The molecule has 22 heavy (non-hydrogen) atoms. The van der Waals surface area contributed by atoms with Crippen LogP contribution in [0.1, 0.15) is 36.0 Å². The van der Waals surface area contributed by atoms with E-state index < -0.39 is 29.0 Å². The summed E-state index contributed by atoms with van der Waals surface area (Å²) >= 11 is 0. The Kier molecular flexibility index (Phi) is 3.37. The third-order valence-corrected chi connectivity index (χ3v) is 3.70. The fourth-order valence-electron chi connectivity index (χ4n) is 2.71. The number of benzene rings is 1. The first-order valence-electron chi connectivity index (χ1n) is 6.83. The number of aromatic nitrogens is 1. The molecule has 0 saturated carbocycles. The molecule has 116 valence electrons. The summed E-state index contributed by atoms with van der Waals surface area (Å²) in [6.07, 6.45) is 0.766. The molecule has 6 nitrogen and oxygen atoms in total. The lowest BCUT2D eigenvalue weighted by Gasteiger charge is -2.28. The lowest BCUT2D eigenvalue weighted by atomic mass is 10.0. The molecule has 1 N–H and O–H groups in total. The molecule has 0 bridgehead atoms. The fraction of sp³-hybridized carbons (Fsp3) is 0.333. The van der Waals surface area contributed by atoms with Crippen LogP contribution in [0, 0.1) is 5.82 Å². The summed E-state index contributed by atoms with van der Waals surface area (Å²) < 4.78 is 26.6. The molecular weight excluding hydrogens is 293 g/mol. The molecule has 1 aliphatic heterocycles. The van der Waals surface area contributed by atoms with Gasteiger partial charge in [-0.3, -0.25) is 4.79 Å². The number of aromatic carboxylic acids is 1. The van der Waals surface area contributed by atoms with Crippen molar-refractivity contribution in [3.05, 3.63) is 39.4 Å². The number of hydrogen-bond donors (Lipinski definition) is 1. The Morgan fingerprint density at radius 2 is 2.32 bits per heavy atom. The zero-order chi connectivity index (χ0) is 16.0. The van der Waals surface area contributed by atoms with Crippen LogP contribution in [0.2, 0.25) is 0 Å². The standard InChI is InChI=1S/C15H14FNO5/c1-3-21-14-10-6-22-7(2)17-5-9(15(19)20)13(18)8(12(10)17)4-11(14)16/h4-5,7H,3,6H2,1-2H3,(H,19,20). The van der Waals surface area contributed by atoms with Crippen molar-refractivity contribution < 1.29 is 23.8 Å². The largest absolute Gasteiger partial charge is 0.490 e. The van der Waals surface area contributed by atoms with Crippen molar-refractivity contribution >= 4 is 16.9 Å². The van der Waals surface area contributed by atoms with E-state index in [0.717, 1.165) is 6.07 Å². The molecule has 0 amide bonds. The molecule has 1 atom stereocenters. The molecule has 0 spiro atoms. The lowest BCUT2D eigenvalue weighted by Crippen LogP contribution is -2.25. The van der Waals surface area contributed by atoms with Gasteiger partial charge in [0.2, 0.25) is 5.43 Å². The topological polar surface area (TPSA) is 77.8 Å². The van der Waals surface area contributed by atoms with Gasteiger partial charge in [0.25, 0.3) is 0 Å². The second-order valence-electron chi connectivity index (χ2n) is 4.99. The number of carbonyl (C=O) groups is 1. The smallest absolute Gasteiger partial charge is 0.341 e. The quantitative estimate of drug-likeness (QED) is 0.941. The van der Waals surface area contributed by atoms with Gasteiger partial charge in [-0.1, -0.05) is 0 Å². The van der Waals surface area contributed by atoms with Crippen LogP contribution in [0.3, 0.4) is 0 Å². The van der Waals surface area contributed by atoms with Crippen molar-refractivity contribution in [1.82, 2.24) is 4.57 Å². The molecule has 0 saturated heterocycles. The molecule has 0 aliphatic carbocycles. The molecule has 0 radical (unpaired) electrons. The van der Waals surface area contributed by atoms with Crippen LogP contribution in [0.25, 0.3) is 10.9 Å². The molecule has 3 rings (SSSR count). The van der Waals surface area contributed by atoms with Gasteiger partial charge in [0, 0.05) is 11.8 Å². The zero-order valence-electron chi connectivity index (χ0n) is 12.1. The highest BCUT2D eigenvalue weighted by molar-refractivity contribution is 5.94. The Bertz CT molecular complexity index is 842. The molecule has 1 aromatic heterocycles. The summed E-state index contributed by atoms with van der Waals surface area (Å²) in [5.41, 5.74) is -0.252. The van der Waals surface area contributed by atoms with E-state index in [0.29, 0.717) is 11.1 Å². The fourth-order valence-corrected chi connectivity index (χ4v) is 2.71. The molecule has 1 aliphatic rings. The summed E-state index contributed by atoms with van der Waals surface area (Å²) in [6, 6.07) is 1.03. The first kappa shape index (κ1) is 14.5. The van der Waals surface area contributed by atoms with Crippen LogP contribution in [0.5, 0.6) is 5.75 Å². The van der Waals surface area contributed by atoms with Gasteiger partial charge in [-0.2, -0.15) is 0 Å².